The Kier molecular flexibility index (Phi) is 4.45. The molecule has 3 aliphatic rings. The monoisotopic (exact) mass is 356 g/mol. The molecule has 2 fully saturated rings. The minimum atomic E-state index is -5.37. The van der Waals surface area contributed by atoms with Crippen molar-refractivity contribution in [3.8, 4) is 0 Å². The first-order chi connectivity index (χ1) is 11.1. The number of fused-ring (bicyclic) bond motifs is 2. The molecule has 2 aliphatic carbocycles. The predicted molar refractivity (Wildman–Crippen MR) is 74.2 cm³/mol. The van der Waals surface area contributed by atoms with Crippen LogP contribution in [0.15, 0.2) is 12.2 Å². The summed E-state index contributed by atoms with van der Waals surface area (Å²) in [7, 11) is 0. The van der Waals surface area contributed by atoms with Crippen molar-refractivity contribution < 1.29 is 36.2 Å². The van der Waals surface area contributed by atoms with Gasteiger partial charge in [-0.05, 0) is 44.4 Å². The summed E-state index contributed by atoms with van der Waals surface area (Å²) in [5.74, 6) is -8.20. The van der Waals surface area contributed by atoms with Gasteiger partial charge in [-0.25, -0.2) is 8.78 Å². The molecule has 0 aromatic heterocycles. The van der Waals surface area contributed by atoms with Gasteiger partial charge in [0.2, 0.25) is 0 Å². The number of halogens is 5. The standard InChI is InChI=1S/C16H21F5O3/c1-3-22-9(2)23-15(16(19,20)21)14(17,18)8-13(24-15)12-7-10-4-5-11(12)6-10/h4-5,9-13H,3,6-8H2,1-2H3. The molecule has 1 aliphatic heterocycles. The summed E-state index contributed by atoms with van der Waals surface area (Å²) in [5.41, 5.74) is 0. The van der Waals surface area contributed by atoms with E-state index in [1.807, 2.05) is 12.2 Å². The molecule has 0 radical (unpaired) electrons. The Bertz CT molecular complexity index is 506. The van der Waals surface area contributed by atoms with Gasteiger partial charge in [0.15, 0.2) is 6.29 Å². The normalized spacial score (nSPS) is 42.0. The molecular weight excluding hydrogens is 335 g/mol. The van der Waals surface area contributed by atoms with Gasteiger partial charge in [0.25, 0.3) is 0 Å². The molecule has 0 N–H and O–H groups in total. The maximum atomic E-state index is 14.5. The van der Waals surface area contributed by atoms with Crippen LogP contribution in [0.4, 0.5) is 22.0 Å². The second-order valence-corrected chi connectivity index (χ2v) is 6.76. The molecule has 6 atom stereocenters. The van der Waals surface area contributed by atoms with E-state index >= 15 is 0 Å². The first-order valence-corrected chi connectivity index (χ1v) is 8.19. The third kappa shape index (κ3) is 2.76. The molecule has 24 heavy (non-hydrogen) atoms. The molecular formula is C16H21F5O3. The zero-order valence-corrected chi connectivity index (χ0v) is 13.5. The third-order valence-corrected chi connectivity index (χ3v) is 5.17. The SMILES string of the molecule is CCOC(C)OC1(C(F)(F)F)OC(C2CC3C=CC2C3)CC1(F)F. The number of allylic oxidation sites excluding steroid dienone is 2. The summed E-state index contributed by atoms with van der Waals surface area (Å²) >= 11 is 0. The Morgan fingerprint density at radius 1 is 1.25 bits per heavy atom. The Labute approximate surface area is 137 Å². The van der Waals surface area contributed by atoms with E-state index in [-0.39, 0.29) is 24.4 Å². The molecule has 8 heteroatoms. The van der Waals surface area contributed by atoms with Gasteiger partial charge in [-0.2, -0.15) is 13.2 Å². The van der Waals surface area contributed by atoms with E-state index in [0.29, 0.717) is 6.42 Å². The van der Waals surface area contributed by atoms with Crippen LogP contribution in [0.1, 0.15) is 33.1 Å². The van der Waals surface area contributed by atoms with Gasteiger partial charge in [-0.1, -0.05) is 12.2 Å². The van der Waals surface area contributed by atoms with Crippen molar-refractivity contribution in [2.24, 2.45) is 17.8 Å². The van der Waals surface area contributed by atoms with Crippen LogP contribution in [-0.2, 0) is 14.2 Å². The van der Waals surface area contributed by atoms with Crippen LogP contribution in [0.2, 0.25) is 0 Å². The van der Waals surface area contributed by atoms with E-state index in [1.54, 1.807) is 0 Å². The maximum absolute atomic E-state index is 14.5. The lowest BCUT2D eigenvalue weighted by Crippen LogP contribution is -2.60. The van der Waals surface area contributed by atoms with Crippen LogP contribution < -0.4 is 0 Å². The summed E-state index contributed by atoms with van der Waals surface area (Å²) in [6.45, 7) is 2.74. The molecule has 0 aromatic rings. The number of ether oxygens (including phenoxy) is 3. The Hall–Kier alpha value is -0.730. The second-order valence-electron chi connectivity index (χ2n) is 6.76. The van der Waals surface area contributed by atoms with E-state index in [9.17, 15) is 22.0 Å². The Morgan fingerprint density at radius 3 is 2.46 bits per heavy atom. The smallest absolute Gasteiger partial charge is 0.353 e. The quantitative estimate of drug-likeness (QED) is 0.418. The molecule has 3 nitrogen and oxygen atoms in total. The van der Waals surface area contributed by atoms with Gasteiger partial charge in [0.05, 0.1) is 6.10 Å². The van der Waals surface area contributed by atoms with Gasteiger partial charge in [0.1, 0.15) is 0 Å². The molecule has 1 saturated carbocycles. The molecule has 3 rings (SSSR count). The average molecular weight is 356 g/mol. The highest BCUT2D eigenvalue weighted by Crippen LogP contribution is 2.58. The van der Waals surface area contributed by atoms with Crippen molar-refractivity contribution in [1.29, 1.82) is 0 Å². The lowest BCUT2D eigenvalue weighted by Gasteiger charge is -2.37. The number of alkyl halides is 5. The van der Waals surface area contributed by atoms with E-state index in [1.165, 1.54) is 6.92 Å². The topological polar surface area (TPSA) is 27.7 Å². The van der Waals surface area contributed by atoms with Crippen LogP contribution in [0.5, 0.6) is 0 Å². The minimum absolute atomic E-state index is 0.00384. The van der Waals surface area contributed by atoms with Crippen molar-refractivity contribution in [2.75, 3.05) is 6.61 Å². The van der Waals surface area contributed by atoms with Crippen LogP contribution >= 0.6 is 0 Å². The van der Waals surface area contributed by atoms with E-state index in [4.69, 9.17) is 9.47 Å². The van der Waals surface area contributed by atoms with Crippen LogP contribution in [-0.4, -0.2) is 36.9 Å². The molecule has 6 unspecified atom stereocenters. The molecule has 1 saturated heterocycles. The average Bonchev–Trinajstić information content (AvgIpc) is 3.12. The van der Waals surface area contributed by atoms with E-state index in [2.05, 4.69) is 4.74 Å². The highest BCUT2D eigenvalue weighted by molar-refractivity contribution is 5.14. The Morgan fingerprint density at radius 2 is 1.96 bits per heavy atom. The summed E-state index contributed by atoms with van der Waals surface area (Å²) in [4.78, 5) is 0. The van der Waals surface area contributed by atoms with Crippen molar-refractivity contribution >= 4 is 0 Å². The largest absolute Gasteiger partial charge is 0.450 e. The maximum Gasteiger partial charge on any atom is 0.450 e. The van der Waals surface area contributed by atoms with E-state index in [0.717, 1.165) is 13.3 Å². The summed E-state index contributed by atoms with van der Waals surface area (Å²) in [6, 6.07) is 0. The third-order valence-electron chi connectivity index (χ3n) is 5.17. The highest BCUT2D eigenvalue weighted by atomic mass is 19.4. The van der Waals surface area contributed by atoms with E-state index < -0.39 is 36.7 Å². The van der Waals surface area contributed by atoms with Gasteiger partial charge < -0.3 is 14.2 Å². The van der Waals surface area contributed by atoms with Gasteiger partial charge >= 0.3 is 17.9 Å². The predicted octanol–water partition coefficient (Wildman–Crippen LogP) is 4.28. The highest BCUT2D eigenvalue weighted by Gasteiger charge is 2.78. The van der Waals surface area contributed by atoms with Gasteiger partial charge in [-0.3, -0.25) is 0 Å². The zero-order chi connectivity index (χ0) is 17.8. The summed E-state index contributed by atoms with van der Waals surface area (Å²) in [5, 5.41) is 0. The summed E-state index contributed by atoms with van der Waals surface area (Å²) in [6.07, 6.45) is -3.73. The zero-order valence-electron chi connectivity index (χ0n) is 13.5. The number of rotatable bonds is 5. The first kappa shape index (κ1) is 18.1. The fourth-order valence-corrected chi connectivity index (χ4v) is 4.18. The second kappa shape index (κ2) is 5.92. The van der Waals surface area contributed by atoms with Gasteiger partial charge in [0, 0.05) is 13.0 Å². The first-order valence-electron chi connectivity index (χ1n) is 8.19. The molecule has 0 amide bonds. The lowest BCUT2D eigenvalue weighted by molar-refractivity contribution is -0.447. The Balaban J connectivity index is 1.85. The van der Waals surface area contributed by atoms with Crippen LogP contribution in [0, 0.1) is 17.8 Å². The number of hydrogen-bond acceptors (Lipinski definition) is 3. The van der Waals surface area contributed by atoms with Crippen molar-refractivity contribution in [1.82, 2.24) is 0 Å². The fourth-order valence-electron chi connectivity index (χ4n) is 4.18. The van der Waals surface area contributed by atoms with Crippen molar-refractivity contribution in [3.05, 3.63) is 12.2 Å². The molecule has 138 valence electrons. The van der Waals surface area contributed by atoms with Crippen molar-refractivity contribution in [3.63, 3.8) is 0 Å². The van der Waals surface area contributed by atoms with Crippen LogP contribution in [0.3, 0.4) is 0 Å². The molecule has 2 bridgehead atoms. The number of hydrogen-bond donors (Lipinski definition) is 0. The van der Waals surface area contributed by atoms with Crippen molar-refractivity contribution in [2.45, 2.75) is 63.4 Å². The molecule has 0 aromatic carbocycles. The minimum Gasteiger partial charge on any atom is -0.353 e. The van der Waals surface area contributed by atoms with Gasteiger partial charge in [-0.15, -0.1) is 0 Å². The fraction of sp³-hybridized carbons (Fsp3) is 0.875. The lowest BCUT2D eigenvalue weighted by atomic mass is 9.86. The summed E-state index contributed by atoms with van der Waals surface area (Å²) < 4.78 is 84.1. The molecule has 0 spiro atoms. The van der Waals surface area contributed by atoms with Crippen LogP contribution in [0.25, 0.3) is 0 Å². The molecule has 1 heterocycles.